The second-order valence-electron chi connectivity index (χ2n) is 15.7. The van der Waals surface area contributed by atoms with Crippen molar-refractivity contribution in [3.05, 3.63) is 24.3 Å². The van der Waals surface area contributed by atoms with Crippen LogP contribution in [0.25, 0.3) is 0 Å². The number of ether oxygens (including phenoxy) is 13. The van der Waals surface area contributed by atoms with Crippen LogP contribution in [-0.2, 0) is 66.4 Å². The van der Waals surface area contributed by atoms with Gasteiger partial charge in [-0.1, -0.05) is 96.8 Å². The van der Waals surface area contributed by atoms with E-state index in [1.54, 1.807) is 24.3 Å². The van der Waals surface area contributed by atoms with Crippen LogP contribution < -0.4 is 10.1 Å². The minimum atomic E-state index is -0.135. The first-order valence-electron chi connectivity index (χ1n) is 25.1. The van der Waals surface area contributed by atoms with Crippen LogP contribution in [0, 0.1) is 0 Å². The van der Waals surface area contributed by atoms with E-state index < -0.39 is 0 Å². The van der Waals surface area contributed by atoms with E-state index in [1.165, 1.54) is 90.4 Å². The van der Waals surface area contributed by atoms with Crippen LogP contribution in [0.1, 0.15) is 117 Å². The predicted octanol–water partition coefficient (Wildman–Crippen LogP) is 8.01. The number of unbranched alkanes of at least 4 members (excludes halogenated alkanes) is 14. The molecule has 0 spiro atoms. The van der Waals surface area contributed by atoms with Crippen LogP contribution in [0.3, 0.4) is 0 Å². The van der Waals surface area contributed by atoms with Gasteiger partial charge in [0.1, 0.15) is 19.0 Å². The zero-order valence-corrected chi connectivity index (χ0v) is 41.2. The molecule has 0 unspecified atom stereocenters. The molecule has 16 heteroatoms. The number of rotatable bonds is 54. The van der Waals surface area contributed by atoms with Crippen molar-refractivity contribution in [2.24, 2.45) is 0 Å². The highest BCUT2D eigenvalue weighted by atomic mass is 16.6. The standard InChI is InChI=1S/C50H91NO15/c1-3-4-5-6-7-8-9-10-11-12-13-14-15-16-17-18-50(53)66-46-44-64-42-40-62-38-36-60-34-32-58-30-28-56-26-24-54-23-25-55-27-29-57-31-33-59-35-37-61-39-41-63-43-45-65-49-21-19-48(20-22-49)51-47(2)52/h19-22H,3-18,23-46H2,1-2H3,(H,51,52). The van der Waals surface area contributed by atoms with Crippen molar-refractivity contribution in [2.75, 3.05) is 164 Å². The Bertz CT molecular complexity index is 1150. The highest BCUT2D eigenvalue weighted by molar-refractivity contribution is 5.88. The van der Waals surface area contributed by atoms with Gasteiger partial charge >= 0.3 is 5.97 Å². The Morgan fingerprint density at radius 2 is 0.636 bits per heavy atom. The van der Waals surface area contributed by atoms with Crippen LogP contribution in [0.15, 0.2) is 24.3 Å². The largest absolute Gasteiger partial charge is 0.491 e. The van der Waals surface area contributed by atoms with E-state index in [2.05, 4.69) is 12.2 Å². The maximum absolute atomic E-state index is 11.9. The van der Waals surface area contributed by atoms with Crippen LogP contribution in [0.5, 0.6) is 5.75 Å². The van der Waals surface area contributed by atoms with Crippen LogP contribution in [0.2, 0.25) is 0 Å². The smallest absolute Gasteiger partial charge is 0.305 e. The van der Waals surface area contributed by atoms with Gasteiger partial charge in [-0.2, -0.15) is 0 Å². The molecule has 1 amide bonds. The summed E-state index contributed by atoms with van der Waals surface area (Å²) in [5, 5.41) is 2.71. The number of benzene rings is 1. The molecule has 1 rings (SSSR count). The maximum Gasteiger partial charge on any atom is 0.305 e. The third-order valence-electron chi connectivity index (χ3n) is 9.87. The van der Waals surface area contributed by atoms with Gasteiger partial charge in [0.25, 0.3) is 0 Å². The molecule has 0 heterocycles. The van der Waals surface area contributed by atoms with Gasteiger partial charge < -0.3 is 66.9 Å². The van der Waals surface area contributed by atoms with Gasteiger partial charge in [0.05, 0.1) is 145 Å². The summed E-state index contributed by atoms with van der Waals surface area (Å²) in [4.78, 5) is 23.0. The quantitative estimate of drug-likeness (QED) is 0.0493. The third-order valence-corrected chi connectivity index (χ3v) is 9.87. The monoisotopic (exact) mass is 946 g/mol. The van der Waals surface area contributed by atoms with Gasteiger partial charge in [-0.3, -0.25) is 9.59 Å². The second kappa shape index (κ2) is 51.9. The second-order valence-corrected chi connectivity index (χ2v) is 15.7. The van der Waals surface area contributed by atoms with Crippen LogP contribution in [0.4, 0.5) is 5.69 Å². The fourth-order valence-corrected chi connectivity index (χ4v) is 6.28. The number of nitrogens with one attached hydrogen (secondary N) is 1. The van der Waals surface area contributed by atoms with Gasteiger partial charge in [-0.15, -0.1) is 0 Å². The average Bonchev–Trinajstić information content (AvgIpc) is 3.31. The van der Waals surface area contributed by atoms with Crippen LogP contribution in [-0.4, -0.2) is 170 Å². The lowest BCUT2D eigenvalue weighted by Crippen LogP contribution is -2.16. The number of carbonyl (C=O) groups excluding carboxylic acids is 2. The van der Waals surface area contributed by atoms with E-state index in [0.29, 0.717) is 164 Å². The molecule has 0 bridgehead atoms. The predicted molar refractivity (Wildman–Crippen MR) is 256 cm³/mol. The summed E-state index contributed by atoms with van der Waals surface area (Å²) in [5.41, 5.74) is 0.729. The van der Waals surface area contributed by atoms with Crippen molar-refractivity contribution in [2.45, 2.75) is 117 Å². The zero-order valence-electron chi connectivity index (χ0n) is 41.2. The summed E-state index contributed by atoms with van der Waals surface area (Å²) in [7, 11) is 0. The van der Waals surface area contributed by atoms with Gasteiger partial charge in [0.2, 0.25) is 5.91 Å². The molecule has 386 valence electrons. The summed E-state index contributed by atoms with van der Waals surface area (Å²) < 4.78 is 71.5. The molecule has 0 saturated heterocycles. The molecule has 1 aromatic carbocycles. The molecular formula is C50H91NO15. The molecule has 1 N–H and O–H groups in total. The van der Waals surface area contributed by atoms with Gasteiger partial charge in [-0.05, 0) is 30.7 Å². The van der Waals surface area contributed by atoms with Crippen molar-refractivity contribution in [3.8, 4) is 5.75 Å². The number of hydrogen-bond acceptors (Lipinski definition) is 15. The lowest BCUT2D eigenvalue weighted by Gasteiger charge is -2.09. The van der Waals surface area contributed by atoms with E-state index >= 15 is 0 Å². The Labute approximate surface area is 398 Å². The number of esters is 1. The Hall–Kier alpha value is -2.48. The Morgan fingerprint density at radius 3 is 0.939 bits per heavy atom. The summed E-state index contributed by atoms with van der Waals surface area (Å²) in [6.45, 7) is 14.9. The molecule has 0 atom stereocenters. The molecule has 66 heavy (non-hydrogen) atoms. The first kappa shape index (κ1) is 61.5. The number of hydrogen-bond donors (Lipinski definition) is 1. The first-order valence-corrected chi connectivity index (χ1v) is 25.1. The molecule has 0 radical (unpaired) electrons. The van der Waals surface area contributed by atoms with Crippen molar-refractivity contribution in [1.29, 1.82) is 0 Å². The molecule has 0 aromatic heterocycles. The minimum absolute atomic E-state index is 0.110. The van der Waals surface area contributed by atoms with Crippen molar-refractivity contribution >= 4 is 17.6 Å². The number of carbonyl (C=O) groups is 2. The molecular weight excluding hydrogens is 855 g/mol. The normalized spacial score (nSPS) is 11.4. The fraction of sp³-hybridized carbons (Fsp3) is 0.840. The van der Waals surface area contributed by atoms with Gasteiger partial charge in [0, 0.05) is 19.0 Å². The van der Waals surface area contributed by atoms with Gasteiger partial charge in [-0.25, -0.2) is 0 Å². The average molecular weight is 946 g/mol. The fourth-order valence-electron chi connectivity index (χ4n) is 6.28. The molecule has 16 nitrogen and oxygen atoms in total. The van der Waals surface area contributed by atoms with E-state index in [-0.39, 0.29) is 18.5 Å². The summed E-state index contributed by atoms with van der Waals surface area (Å²) in [6.07, 6.45) is 20.2. The third kappa shape index (κ3) is 48.0. The topological polar surface area (TPSA) is 166 Å². The number of amides is 1. The molecule has 0 aliphatic carbocycles. The molecule has 0 aliphatic heterocycles. The Balaban J connectivity index is 1.64. The van der Waals surface area contributed by atoms with E-state index in [4.69, 9.17) is 61.6 Å². The highest BCUT2D eigenvalue weighted by Crippen LogP contribution is 2.16. The minimum Gasteiger partial charge on any atom is -0.491 e. The van der Waals surface area contributed by atoms with Crippen LogP contribution >= 0.6 is 0 Å². The van der Waals surface area contributed by atoms with E-state index in [9.17, 15) is 9.59 Å². The molecule has 0 aliphatic rings. The SMILES string of the molecule is CCCCCCCCCCCCCCCCCC(=O)OCCOCCOCCOCCOCCOCCOCCOCCOCCOCCOCCOCCOc1ccc(NC(C)=O)cc1. The van der Waals surface area contributed by atoms with Crippen molar-refractivity contribution < 1.29 is 71.2 Å². The summed E-state index contributed by atoms with van der Waals surface area (Å²) in [6, 6.07) is 7.18. The van der Waals surface area contributed by atoms with E-state index in [1.807, 2.05) is 0 Å². The highest BCUT2D eigenvalue weighted by Gasteiger charge is 2.04. The molecule has 1 aromatic rings. The zero-order chi connectivity index (χ0) is 47.3. The summed E-state index contributed by atoms with van der Waals surface area (Å²) >= 11 is 0. The lowest BCUT2D eigenvalue weighted by molar-refractivity contribution is -0.145. The lowest BCUT2D eigenvalue weighted by atomic mass is 10.0. The Morgan fingerprint density at radius 1 is 0.364 bits per heavy atom. The van der Waals surface area contributed by atoms with Crippen molar-refractivity contribution in [1.82, 2.24) is 0 Å². The maximum atomic E-state index is 11.9. The van der Waals surface area contributed by atoms with Crippen molar-refractivity contribution in [3.63, 3.8) is 0 Å². The molecule has 0 fully saturated rings. The first-order chi connectivity index (χ1) is 32.6. The van der Waals surface area contributed by atoms with Gasteiger partial charge in [0.15, 0.2) is 0 Å². The van der Waals surface area contributed by atoms with E-state index in [0.717, 1.165) is 18.5 Å². The number of anilines is 1. The molecule has 0 saturated carbocycles. The Kier molecular flexibility index (Phi) is 48.4. The summed E-state index contributed by atoms with van der Waals surface area (Å²) in [5.74, 6) is 0.469.